The van der Waals surface area contributed by atoms with Crippen molar-refractivity contribution in [2.24, 2.45) is 0 Å². The number of carbonyl (C=O) groups is 4. The summed E-state index contributed by atoms with van der Waals surface area (Å²) in [6.07, 6.45) is 1.47. The number of fused-ring (bicyclic) bond motifs is 1. The summed E-state index contributed by atoms with van der Waals surface area (Å²) < 4.78 is 0. The van der Waals surface area contributed by atoms with E-state index >= 15 is 0 Å². The highest BCUT2D eigenvalue weighted by Gasteiger charge is 2.33. The average molecular weight is 372 g/mol. The summed E-state index contributed by atoms with van der Waals surface area (Å²) >= 11 is 0. The van der Waals surface area contributed by atoms with E-state index in [1.165, 1.54) is 6.92 Å². The van der Waals surface area contributed by atoms with Crippen molar-refractivity contribution in [1.29, 1.82) is 0 Å². The van der Waals surface area contributed by atoms with Crippen LogP contribution in [0.5, 0.6) is 0 Å². The summed E-state index contributed by atoms with van der Waals surface area (Å²) in [6.45, 7) is 1.53. The largest absolute Gasteiger partial charge is 0.480 e. The maximum atomic E-state index is 12.2. The summed E-state index contributed by atoms with van der Waals surface area (Å²) in [4.78, 5) is 50.4. The lowest BCUT2D eigenvalue weighted by molar-refractivity contribution is -0.142. The maximum Gasteiger partial charge on any atom is 0.326 e. The second kappa shape index (κ2) is 7.48. The summed E-state index contributed by atoms with van der Waals surface area (Å²) in [7, 11) is 0. The third kappa shape index (κ3) is 4.08. The van der Waals surface area contributed by atoms with Crippen molar-refractivity contribution in [3.63, 3.8) is 0 Å². The Morgan fingerprint density at radius 2 is 1.93 bits per heavy atom. The van der Waals surface area contributed by atoms with Gasteiger partial charge in [0, 0.05) is 23.5 Å². The van der Waals surface area contributed by atoms with E-state index in [4.69, 9.17) is 0 Å². The molecule has 3 amide bonds. The van der Waals surface area contributed by atoms with Crippen LogP contribution in [0.1, 0.15) is 18.9 Å². The van der Waals surface area contributed by atoms with Crippen LogP contribution in [0.25, 0.3) is 10.9 Å². The van der Waals surface area contributed by atoms with Crippen LogP contribution in [0.15, 0.2) is 30.5 Å². The molecule has 1 fully saturated rings. The number of amides is 3. The molecule has 2 aromatic rings. The molecule has 0 saturated carbocycles. The van der Waals surface area contributed by atoms with Gasteiger partial charge in [0.1, 0.15) is 18.1 Å². The fourth-order valence-electron chi connectivity index (χ4n) is 3.04. The molecule has 0 radical (unpaired) electrons. The van der Waals surface area contributed by atoms with Crippen LogP contribution >= 0.6 is 0 Å². The van der Waals surface area contributed by atoms with E-state index in [0.29, 0.717) is 0 Å². The van der Waals surface area contributed by atoms with E-state index in [-0.39, 0.29) is 18.7 Å². The minimum atomic E-state index is -1.18. The Balaban J connectivity index is 1.66. The first-order valence-electron chi connectivity index (χ1n) is 8.53. The number of piperazine rings is 1. The number of carboxylic acids is 1. The van der Waals surface area contributed by atoms with E-state index < -0.39 is 35.9 Å². The summed E-state index contributed by atoms with van der Waals surface area (Å²) in [5, 5.41) is 17.7. The lowest BCUT2D eigenvalue weighted by atomic mass is 10.0. The minimum Gasteiger partial charge on any atom is -0.480 e. The molecule has 1 aliphatic rings. The molecule has 1 aromatic heterocycles. The van der Waals surface area contributed by atoms with E-state index in [1.54, 1.807) is 6.20 Å². The number of hydrogen-bond donors (Lipinski definition) is 5. The molecular formula is C18H20N4O5. The molecule has 1 saturated heterocycles. The summed E-state index contributed by atoms with van der Waals surface area (Å²) in [6, 6.07) is 4.62. The second-order valence-corrected chi connectivity index (χ2v) is 6.52. The zero-order valence-corrected chi connectivity index (χ0v) is 14.6. The number of carbonyl (C=O) groups excluding carboxylic acids is 3. The SMILES string of the molecule is C[C@H]1NC(=O)[C@@H](CC(=O)N[C@H](Cc2c[nH]c3ccccc23)C(=O)O)NC1=O. The lowest BCUT2D eigenvalue weighted by Gasteiger charge is -2.27. The number of benzene rings is 1. The Labute approximate surface area is 154 Å². The zero-order valence-electron chi connectivity index (χ0n) is 14.6. The summed E-state index contributed by atoms with van der Waals surface area (Å²) in [5.74, 6) is -2.67. The smallest absolute Gasteiger partial charge is 0.326 e. The van der Waals surface area contributed by atoms with Crippen molar-refractivity contribution < 1.29 is 24.3 Å². The monoisotopic (exact) mass is 372 g/mol. The van der Waals surface area contributed by atoms with Crippen LogP contribution in [-0.2, 0) is 25.6 Å². The molecule has 142 valence electrons. The van der Waals surface area contributed by atoms with Crippen molar-refractivity contribution in [3.05, 3.63) is 36.0 Å². The first kappa shape index (κ1) is 18.4. The highest BCUT2D eigenvalue weighted by molar-refractivity contribution is 5.99. The highest BCUT2D eigenvalue weighted by atomic mass is 16.4. The van der Waals surface area contributed by atoms with Crippen LogP contribution in [0.3, 0.4) is 0 Å². The number of carboxylic acid groups (broad SMARTS) is 1. The molecule has 3 atom stereocenters. The number of aromatic nitrogens is 1. The van der Waals surface area contributed by atoms with Gasteiger partial charge >= 0.3 is 5.97 Å². The lowest BCUT2D eigenvalue weighted by Crippen LogP contribution is -2.61. The van der Waals surface area contributed by atoms with Gasteiger partial charge in [0.2, 0.25) is 17.7 Å². The third-order valence-corrected chi connectivity index (χ3v) is 4.51. The van der Waals surface area contributed by atoms with Crippen LogP contribution in [0.2, 0.25) is 0 Å². The van der Waals surface area contributed by atoms with Gasteiger partial charge < -0.3 is 26.0 Å². The van der Waals surface area contributed by atoms with Gasteiger partial charge in [0.15, 0.2) is 0 Å². The van der Waals surface area contributed by atoms with Crippen molar-refractivity contribution in [2.45, 2.75) is 37.9 Å². The van der Waals surface area contributed by atoms with Gasteiger partial charge in [0.25, 0.3) is 0 Å². The molecule has 0 spiro atoms. The number of rotatable bonds is 6. The van der Waals surface area contributed by atoms with Gasteiger partial charge in [-0.1, -0.05) is 18.2 Å². The maximum absolute atomic E-state index is 12.2. The average Bonchev–Trinajstić information content (AvgIpc) is 3.02. The van der Waals surface area contributed by atoms with Gasteiger partial charge in [0.05, 0.1) is 6.42 Å². The number of aliphatic carboxylic acids is 1. The first-order valence-corrected chi connectivity index (χ1v) is 8.53. The Kier molecular flexibility index (Phi) is 5.11. The summed E-state index contributed by atoms with van der Waals surface area (Å²) in [5.41, 5.74) is 1.63. The predicted octanol–water partition coefficient (Wildman–Crippen LogP) is -0.327. The van der Waals surface area contributed by atoms with E-state index in [1.807, 2.05) is 24.3 Å². The zero-order chi connectivity index (χ0) is 19.6. The van der Waals surface area contributed by atoms with Gasteiger partial charge in [-0.05, 0) is 18.6 Å². The normalized spacial score (nSPS) is 20.6. The van der Waals surface area contributed by atoms with E-state index in [2.05, 4.69) is 20.9 Å². The number of para-hydroxylation sites is 1. The van der Waals surface area contributed by atoms with Gasteiger partial charge in [-0.3, -0.25) is 14.4 Å². The Hall–Kier alpha value is -3.36. The molecule has 9 heteroatoms. The third-order valence-electron chi connectivity index (χ3n) is 4.51. The Morgan fingerprint density at radius 1 is 1.19 bits per heavy atom. The quantitative estimate of drug-likeness (QED) is 0.472. The number of H-pyrrole nitrogens is 1. The standard InChI is InChI=1S/C18H20N4O5/c1-9-16(24)22-13(17(25)20-9)7-15(23)21-14(18(26)27)6-10-8-19-12-5-3-2-4-11(10)12/h2-5,8-9,13-14,19H,6-7H2,1H3,(H,20,25)(H,21,23)(H,22,24)(H,26,27)/t9-,13-,14-/m1/s1. The van der Waals surface area contributed by atoms with Gasteiger partial charge in [-0.25, -0.2) is 4.79 Å². The Bertz CT molecular complexity index is 906. The minimum absolute atomic E-state index is 0.0886. The topological polar surface area (TPSA) is 140 Å². The Morgan fingerprint density at radius 3 is 2.67 bits per heavy atom. The number of aromatic amines is 1. The van der Waals surface area contributed by atoms with Crippen LogP contribution in [0.4, 0.5) is 0 Å². The molecule has 27 heavy (non-hydrogen) atoms. The molecule has 9 nitrogen and oxygen atoms in total. The molecule has 0 bridgehead atoms. The second-order valence-electron chi connectivity index (χ2n) is 6.52. The fraction of sp³-hybridized carbons (Fsp3) is 0.333. The molecule has 0 unspecified atom stereocenters. The molecule has 1 aromatic carbocycles. The van der Waals surface area contributed by atoms with Crippen molar-refractivity contribution in [2.75, 3.05) is 0 Å². The highest BCUT2D eigenvalue weighted by Crippen LogP contribution is 2.19. The van der Waals surface area contributed by atoms with Crippen LogP contribution < -0.4 is 16.0 Å². The van der Waals surface area contributed by atoms with Gasteiger partial charge in [-0.15, -0.1) is 0 Å². The number of hydrogen-bond acceptors (Lipinski definition) is 4. The van der Waals surface area contributed by atoms with Crippen molar-refractivity contribution >= 4 is 34.6 Å². The first-order chi connectivity index (χ1) is 12.8. The van der Waals surface area contributed by atoms with Gasteiger partial charge in [-0.2, -0.15) is 0 Å². The van der Waals surface area contributed by atoms with Crippen molar-refractivity contribution in [3.8, 4) is 0 Å². The molecular weight excluding hydrogens is 352 g/mol. The molecule has 1 aliphatic heterocycles. The molecule has 5 N–H and O–H groups in total. The van der Waals surface area contributed by atoms with Crippen LogP contribution in [-0.4, -0.2) is 51.9 Å². The number of nitrogens with one attached hydrogen (secondary N) is 4. The molecule has 2 heterocycles. The van der Waals surface area contributed by atoms with E-state index in [9.17, 15) is 24.3 Å². The van der Waals surface area contributed by atoms with Crippen LogP contribution in [0, 0.1) is 0 Å². The fourth-order valence-corrected chi connectivity index (χ4v) is 3.04. The molecule has 0 aliphatic carbocycles. The predicted molar refractivity (Wildman–Crippen MR) is 95.7 cm³/mol. The van der Waals surface area contributed by atoms with E-state index in [0.717, 1.165) is 16.5 Å². The van der Waals surface area contributed by atoms with Crippen molar-refractivity contribution in [1.82, 2.24) is 20.9 Å². The molecule has 3 rings (SSSR count).